The first-order valence-corrected chi connectivity index (χ1v) is 7.04. The van der Waals surface area contributed by atoms with Gasteiger partial charge in [-0.1, -0.05) is 0 Å². The Labute approximate surface area is 121 Å². The molecule has 2 fully saturated rings. The van der Waals surface area contributed by atoms with Crippen molar-refractivity contribution in [2.45, 2.75) is 25.3 Å². The molecule has 0 bridgehead atoms. The van der Waals surface area contributed by atoms with Gasteiger partial charge in [0.2, 0.25) is 5.91 Å². The minimum Gasteiger partial charge on any atom is -0.333 e. The van der Waals surface area contributed by atoms with Crippen LogP contribution in [0.4, 0.5) is 4.79 Å². The maximum atomic E-state index is 12.5. The van der Waals surface area contributed by atoms with Gasteiger partial charge in [0.05, 0.1) is 18.3 Å². The standard InChI is InChI=1S/C13H17N5O3/c19-11-7-14-13(21)18(11)8-12(20)17-6-2-1-3-10(17)9-4-5-15-16-9/h4-5,10H,1-3,6-8H2,(H,14,21)(H,15,16)/t10-/m1/s1. The van der Waals surface area contributed by atoms with Crippen molar-refractivity contribution < 1.29 is 14.4 Å². The zero-order valence-electron chi connectivity index (χ0n) is 11.5. The second-order valence-electron chi connectivity index (χ2n) is 5.25. The summed E-state index contributed by atoms with van der Waals surface area (Å²) in [5, 5.41) is 9.24. The number of amides is 4. The highest BCUT2D eigenvalue weighted by molar-refractivity contribution is 6.04. The van der Waals surface area contributed by atoms with Gasteiger partial charge < -0.3 is 10.2 Å². The van der Waals surface area contributed by atoms with Gasteiger partial charge in [-0.3, -0.25) is 19.6 Å². The van der Waals surface area contributed by atoms with Gasteiger partial charge >= 0.3 is 6.03 Å². The Morgan fingerprint density at radius 2 is 2.24 bits per heavy atom. The number of imide groups is 1. The zero-order valence-corrected chi connectivity index (χ0v) is 11.5. The van der Waals surface area contributed by atoms with Gasteiger partial charge in [0, 0.05) is 12.7 Å². The zero-order chi connectivity index (χ0) is 14.8. The monoisotopic (exact) mass is 291 g/mol. The number of hydrogen-bond acceptors (Lipinski definition) is 4. The van der Waals surface area contributed by atoms with Gasteiger partial charge in [-0.05, 0) is 25.3 Å². The van der Waals surface area contributed by atoms with Crippen LogP contribution in [0.2, 0.25) is 0 Å². The molecule has 112 valence electrons. The van der Waals surface area contributed by atoms with E-state index in [2.05, 4.69) is 15.5 Å². The number of urea groups is 1. The van der Waals surface area contributed by atoms with Gasteiger partial charge in [-0.25, -0.2) is 4.79 Å². The molecular weight excluding hydrogens is 274 g/mol. The van der Waals surface area contributed by atoms with Crippen LogP contribution < -0.4 is 5.32 Å². The van der Waals surface area contributed by atoms with Crippen LogP contribution in [0.15, 0.2) is 12.3 Å². The van der Waals surface area contributed by atoms with Crippen molar-refractivity contribution in [3.8, 4) is 0 Å². The number of hydrogen-bond donors (Lipinski definition) is 2. The number of H-pyrrole nitrogens is 1. The maximum absolute atomic E-state index is 12.5. The van der Waals surface area contributed by atoms with Crippen LogP contribution in [-0.4, -0.2) is 57.5 Å². The Morgan fingerprint density at radius 1 is 1.38 bits per heavy atom. The average Bonchev–Trinajstić information content (AvgIpc) is 3.13. The second kappa shape index (κ2) is 5.55. The Morgan fingerprint density at radius 3 is 2.90 bits per heavy atom. The molecule has 8 heteroatoms. The lowest BCUT2D eigenvalue weighted by atomic mass is 9.99. The van der Waals surface area contributed by atoms with E-state index in [-0.39, 0.29) is 30.9 Å². The van der Waals surface area contributed by atoms with E-state index in [1.54, 1.807) is 11.1 Å². The van der Waals surface area contributed by atoms with Crippen molar-refractivity contribution in [2.75, 3.05) is 19.6 Å². The predicted octanol–water partition coefficient (Wildman–Crippen LogP) is 0.0151. The number of likely N-dealkylation sites (tertiary alicyclic amines) is 1. The van der Waals surface area contributed by atoms with Crippen molar-refractivity contribution in [1.82, 2.24) is 25.3 Å². The molecule has 2 saturated heterocycles. The summed E-state index contributed by atoms with van der Waals surface area (Å²) in [7, 11) is 0. The van der Waals surface area contributed by atoms with Crippen molar-refractivity contribution in [3.63, 3.8) is 0 Å². The second-order valence-corrected chi connectivity index (χ2v) is 5.25. The fraction of sp³-hybridized carbons (Fsp3) is 0.538. The maximum Gasteiger partial charge on any atom is 0.325 e. The average molecular weight is 291 g/mol. The van der Waals surface area contributed by atoms with Gasteiger partial charge in [0.15, 0.2) is 0 Å². The van der Waals surface area contributed by atoms with Crippen molar-refractivity contribution in [2.24, 2.45) is 0 Å². The number of nitrogens with zero attached hydrogens (tertiary/aromatic N) is 3. The predicted molar refractivity (Wildman–Crippen MR) is 72.0 cm³/mol. The highest BCUT2D eigenvalue weighted by Gasteiger charge is 2.34. The van der Waals surface area contributed by atoms with Crippen molar-refractivity contribution in [1.29, 1.82) is 0 Å². The summed E-state index contributed by atoms with van der Waals surface area (Å²) < 4.78 is 0. The largest absolute Gasteiger partial charge is 0.333 e. The van der Waals surface area contributed by atoms with E-state index >= 15 is 0 Å². The van der Waals surface area contributed by atoms with E-state index < -0.39 is 6.03 Å². The van der Waals surface area contributed by atoms with Crippen LogP contribution in [0, 0.1) is 0 Å². The Hall–Kier alpha value is -2.38. The molecule has 1 aromatic rings. The van der Waals surface area contributed by atoms with Crippen LogP contribution in [0.25, 0.3) is 0 Å². The van der Waals surface area contributed by atoms with Crippen molar-refractivity contribution >= 4 is 17.8 Å². The summed E-state index contributed by atoms with van der Waals surface area (Å²) in [6.45, 7) is 0.400. The molecule has 0 radical (unpaired) electrons. The quantitative estimate of drug-likeness (QED) is 0.767. The van der Waals surface area contributed by atoms with Crippen LogP contribution in [0.1, 0.15) is 31.0 Å². The Bertz CT molecular complexity index is 540. The number of carbonyl (C=O) groups excluding carboxylic acids is 3. The van der Waals surface area contributed by atoms with E-state index in [9.17, 15) is 14.4 Å². The first-order valence-electron chi connectivity index (χ1n) is 7.04. The Balaban J connectivity index is 1.72. The normalized spacial score (nSPS) is 22.6. The van der Waals surface area contributed by atoms with Crippen LogP contribution in [0.3, 0.4) is 0 Å². The summed E-state index contributed by atoms with van der Waals surface area (Å²) in [6, 6.07) is 1.29. The molecule has 2 aliphatic heterocycles. The molecule has 21 heavy (non-hydrogen) atoms. The molecule has 4 amide bonds. The lowest BCUT2D eigenvalue weighted by Crippen LogP contribution is -2.46. The molecule has 2 aliphatic rings. The smallest absolute Gasteiger partial charge is 0.325 e. The molecule has 8 nitrogen and oxygen atoms in total. The van der Waals surface area contributed by atoms with E-state index in [4.69, 9.17) is 0 Å². The number of aromatic amines is 1. The topological polar surface area (TPSA) is 98.4 Å². The lowest BCUT2D eigenvalue weighted by Gasteiger charge is -2.35. The number of carbonyl (C=O) groups is 3. The fourth-order valence-electron chi connectivity index (χ4n) is 2.85. The van der Waals surface area contributed by atoms with Gasteiger partial charge in [0.25, 0.3) is 5.91 Å². The van der Waals surface area contributed by atoms with Gasteiger partial charge in [0.1, 0.15) is 6.54 Å². The van der Waals surface area contributed by atoms with Crippen LogP contribution in [0.5, 0.6) is 0 Å². The molecule has 1 aromatic heterocycles. The molecule has 2 N–H and O–H groups in total. The van der Waals surface area contributed by atoms with Gasteiger partial charge in [-0.2, -0.15) is 5.10 Å². The number of rotatable bonds is 3. The molecule has 3 rings (SSSR count). The van der Waals surface area contributed by atoms with E-state index in [1.165, 1.54) is 0 Å². The highest BCUT2D eigenvalue weighted by Crippen LogP contribution is 2.29. The highest BCUT2D eigenvalue weighted by atomic mass is 16.2. The summed E-state index contributed by atoms with van der Waals surface area (Å²) in [4.78, 5) is 38.3. The van der Waals surface area contributed by atoms with Crippen molar-refractivity contribution in [3.05, 3.63) is 18.0 Å². The molecule has 1 atom stereocenters. The van der Waals surface area contributed by atoms with Crippen LogP contribution >= 0.6 is 0 Å². The summed E-state index contributed by atoms with van der Waals surface area (Å²) in [6.07, 6.45) is 4.48. The first kappa shape index (κ1) is 13.6. The Kier molecular flexibility index (Phi) is 3.59. The number of aromatic nitrogens is 2. The van der Waals surface area contributed by atoms with Crippen LogP contribution in [-0.2, 0) is 9.59 Å². The summed E-state index contributed by atoms with van der Waals surface area (Å²) >= 11 is 0. The summed E-state index contributed by atoms with van der Waals surface area (Å²) in [5.74, 6) is -0.567. The molecule has 0 spiro atoms. The SMILES string of the molecule is O=C1CNC(=O)N1CC(=O)N1CCCC[C@@H]1c1ccn[nH]1. The molecular formula is C13H17N5O3. The minimum atomic E-state index is -0.497. The van der Waals surface area contributed by atoms with E-state index in [0.29, 0.717) is 6.54 Å². The first-order chi connectivity index (χ1) is 10.2. The summed E-state index contributed by atoms with van der Waals surface area (Å²) in [5.41, 5.74) is 0.889. The fourth-order valence-corrected chi connectivity index (χ4v) is 2.85. The third-order valence-corrected chi connectivity index (χ3v) is 3.93. The van der Waals surface area contributed by atoms with E-state index in [0.717, 1.165) is 29.9 Å². The third-order valence-electron chi connectivity index (χ3n) is 3.93. The minimum absolute atomic E-state index is 0.0317. The number of nitrogens with one attached hydrogen (secondary N) is 2. The van der Waals surface area contributed by atoms with E-state index in [1.807, 2.05) is 6.07 Å². The molecule has 3 heterocycles. The molecule has 0 aliphatic carbocycles. The number of piperidine rings is 1. The molecule has 0 aromatic carbocycles. The third kappa shape index (κ3) is 2.61. The molecule has 0 unspecified atom stereocenters. The molecule has 0 saturated carbocycles. The van der Waals surface area contributed by atoms with Gasteiger partial charge in [-0.15, -0.1) is 0 Å². The lowest BCUT2D eigenvalue weighted by molar-refractivity contribution is -0.139.